The molecule has 0 spiro atoms. The summed E-state index contributed by atoms with van der Waals surface area (Å²) in [6.45, 7) is 1.69. The predicted octanol–water partition coefficient (Wildman–Crippen LogP) is 2.64. The molecule has 0 saturated carbocycles. The van der Waals surface area contributed by atoms with E-state index in [-0.39, 0.29) is 0 Å². The molecule has 0 bridgehead atoms. The first kappa shape index (κ1) is 14.2. The largest absolute Gasteiger partial charge is 0.385 e. The molecule has 0 aliphatic rings. The second kappa shape index (κ2) is 6.15. The van der Waals surface area contributed by atoms with E-state index >= 15 is 0 Å². The monoisotopic (exact) mass is 324 g/mol. The number of halogens is 2. The van der Waals surface area contributed by atoms with E-state index in [2.05, 4.69) is 15.9 Å². The fraction of sp³-hybridized carbons (Fsp3) is 0.455. The Morgan fingerprint density at radius 3 is 2.69 bits per heavy atom. The van der Waals surface area contributed by atoms with Gasteiger partial charge >= 0.3 is 0 Å². The van der Waals surface area contributed by atoms with Crippen LogP contribution in [0, 0.1) is 0 Å². The standard InChI is InChI=1S/C11H14BrClO2S/c1-11(14,8-12)9-4-2-3-5-10(9)16(15)7-6-13/h2-5,14H,6-8H2,1H3/t11-,16+/m0/s1. The van der Waals surface area contributed by atoms with Crippen molar-refractivity contribution >= 4 is 38.3 Å². The molecule has 0 aliphatic heterocycles. The lowest BCUT2D eigenvalue weighted by Crippen LogP contribution is -2.25. The molecular formula is C11H14BrClO2S. The first-order valence-electron chi connectivity index (χ1n) is 4.85. The summed E-state index contributed by atoms with van der Waals surface area (Å²) in [5, 5.41) is 10.6. The highest BCUT2D eigenvalue weighted by atomic mass is 79.9. The van der Waals surface area contributed by atoms with Crippen LogP contribution in [0.5, 0.6) is 0 Å². The highest BCUT2D eigenvalue weighted by molar-refractivity contribution is 9.09. The van der Waals surface area contributed by atoms with Gasteiger partial charge in [-0.3, -0.25) is 4.21 Å². The molecule has 5 heteroatoms. The van der Waals surface area contributed by atoms with E-state index < -0.39 is 16.4 Å². The summed E-state index contributed by atoms with van der Waals surface area (Å²) < 4.78 is 11.9. The van der Waals surface area contributed by atoms with Crippen molar-refractivity contribution in [1.82, 2.24) is 0 Å². The van der Waals surface area contributed by atoms with Crippen molar-refractivity contribution in [2.24, 2.45) is 0 Å². The number of hydrogen-bond acceptors (Lipinski definition) is 2. The van der Waals surface area contributed by atoms with Crippen molar-refractivity contribution in [1.29, 1.82) is 0 Å². The molecule has 0 fully saturated rings. The van der Waals surface area contributed by atoms with Gasteiger partial charge in [0.1, 0.15) is 0 Å². The van der Waals surface area contributed by atoms with Crippen LogP contribution in [0.25, 0.3) is 0 Å². The Bertz CT molecular complexity index is 382. The van der Waals surface area contributed by atoms with Crippen molar-refractivity contribution < 1.29 is 9.32 Å². The van der Waals surface area contributed by atoms with E-state index in [0.29, 0.717) is 27.4 Å². The maximum Gasteiger partial charge on any atom is 0.0976 e. The highest BCUT2D eigenvalue weighted by Gasteiger charge is 2.26. The SMILES string of the molecule is C[C@](O)(CBr)c1ccccc1[S@](=O)CCCl. The van der Waals surface area contributed by atoms with Gasteiger partial charge in [0.15, 0.2) is 0 Å². The first-order valence-corrected chi connectivity index (χ1v) is 7.82. The summed E-state index contributed by atoms with van der Waals surface area (Å²) >= 11 is 8.84. The van der Waals surface area contributed by atoms with Crippen LogP contribution in [-0.4, -0.2) is 26.3 Å². The van der Waals surface area contributed by atoms with Crippen molar-refractivity contribution in [2.75, 3.05) is 17.0 Å². The van der Waals surface area contributed by atoms with Crippen LogP contribution in [0.4, 0.5) is 0 Å². The number of alkyl halides is 2. The summed E-state index contributed by atoms with van der Waals surface area (Å²) in [5.74, 6) is 0.744. The van der Waals surface area contributed by atoms with Gasteiger partial charge in [-0.25, -0.2) is 0 Å². The van der Waals surface area contributed by atoms with Gasteiger partial charge in [-0.15, -0.1) is 11.6 Å². The molecule has 1 N–H and O–H groups in total. The molecule has 1 rings (SSSR count). The minimum absolute atomic E-state index is 0.345. The third kappa shape index (κ3) is 3.29. The molecule has 1 aromatic rings. The van der Waals surface area contributed by atoms with Gasteiger partial charge in [-0.1, -0.05) is 34.1 Å². The zero-order chi connectivity index (χ0) is 12.2. The van der Waals surface area contributed by atoms with Gasteiger partial charge in [-0.2, -0.15) is 0 Å². The third-order valence-corrected chi connectivity index (χ3v) is 5.16. The lowest BCUT2D eigenvalue weighted by atomic mass is 9.99. The smallest absolute Gasteiger partial charge is 0.0976 e. The minimum Gasteiger partial charge on any atom is -0.385 e. The minimum atomic E-state index is -1.16. The van der Waals surface area contributed by atoms with Crippen LogP contribution in [0.1, 0.15) is 12.5 Å². The molecule has 0 unspecified atom stereocenters. The molecular weight excluding hydrogens is 312 g/mol. The van der Waals surface area contributed by atoms with E-state index in [9.17, 15) is 9.32 Å². The summed E-state index contributed by atoms with van der Waals surface area (Å²) in [4.78, 5) is 0.660. The number of aliphatic hydroxyl groups is 1. The second-order valence-electron chi connectivity index (χ2n) is 3.64. The van der Waals surface area contributed by atoms with Crippen molar-refractivity contribution in [3.05, 3.63) is 29.8 Å². The maximum atomic E-state index is 11.9. The lowest BCUT2D eigenvalue weighted by Gasteiger charge is -2.23. The maximum absolute atomic E-state index is 11.9. The normalized spacial score (nSPS) is 16.8. The van der Waals surface area contributed by atoms with Crippen molar-refractivity contribution in [3.63, 3.8) is 0 Å². The molecule has 2 atom stereocenters. The molecule has 90 valence electrons. The van der Waals surface area contributed by atoms with E-state index in [1.807, 2.05) is 12.1 Å². The number of hydrogen-bond donors (Lipinski definition) is 1. The van der Waals surface area contributed by atoms with Crippen LogP contribution in [-0.2, 0) is 16.4 Å². The summed E-state index contributed by atoms with van der Waals surface area (Å²) in [6, 6.07) is 7.21. The molecule has 0 radical (unpaired) electrons. The third-order valence-electron chi connectivity index (χ3n) is 2.24. The average Bonchev–Trinajstić information content (AvgIpc) is 2.29. The second-order valence-corrected chi connectivity index (χ2v) is 6.12. The fourth-order valence-corrected chi connectivity index (χ4v) is 3.21. The summed E-state index contributed by atoms with van der Waals surface area (Å²) in [5.41, 5.74) is -0.325. The van der Waals surface area contributed by atoms with Crippen LogP contribution in [0.3, 0.4) is 0 Å². The average molecular weight is 326 g/mol. The van der Waals surface area contributed by atoms with Gasteiger partial charge < -0.3 is 5.11 Å². The molecule has 1 aromatic carbocycles. The van der Waals surface area contributed by atoms with Gasteiger partial charge in [-0.05, 0) is 13.0 Å². The van der Waals surface area contributed by atoms with Crippen LogP contribution in [0.2, 0.25) is 0 Å². The van der Waals surface area contributed by atoms with Crippen LogP contribution in [0.15, 0.2) is 29.2 Å². The molecule has 16 heavy (non-hydrogen) atoms. The predicted molar refractivity (Wildman–Crippen MR) is 71.8 cm³/mol. The van der Waals surface area contributed by atoms with Crippen LogP contribution >= 0.6 is 27.5 Å². The Balaban J connectivity index is 3.15. The molecule has 0 heterocycles. The van der Waals surface area contributed by atoms with Crippen molar-refractivity contribution in [2.45, 2.75) is 17.4 Å². The fourth-order valence-electron chi connectivity index (χ4n) is 1.36. The van der Waals surface area contributed by atoms with Gasteiger partial charge in [0, 0.05) is 27.4 Å². The zero-order valence-electron chi connectivity index (χ0n) is 8.95. The first-order chi connectivity index (χ1) is 7.53. The zero-order valence-corrected chi connectivity index (χ0v) is 12.1. The van der Waals surface area contributed by atoms with Crippen molar-refractivity contribution in [3.8, 4) is 0 Å². The van der Waals surface area contributed by atoms with Gasteiger partial charge in [0.25, 0.3) is 0 Å². The van der Waals surface area contributed by atoms with E-state index in [0.717, 1.165) is 0 Å². The number of benzene rings is 1. The Kier molecular flexibility index (Phi) is 5.44. The van der Waals surface area contributed by atoms with Gasteiger partial charge in [0.2, 0.25) is 0 Å². The summed E-state index contributed by atoms with van der Waals surface area (Å²) in [6.07, 6.45) is 0. The quantitative estimate of drug-likeness (QED) is 0.845. The Morgan fingerprint density at radius 1 is 1.50 bits per heavy atom. The summed E-state index contributed by atoms with van der Waals surface area (Å²) in [7, 11) is -1.16. The molecule has 0 aliphatic carbocycles. The van der Waals surface area contributed by atoms with Gasteiger partial charge in [0.05, 0.1) is 16.4 Å². The molecule has 0 aromatic heterocycles. The van der Waals surface area contributed by atoms with E-state index in [1.54, 1.807) is 19.1 Å². The molecule has 0 saturated heterocycles. The Morgan fingerprint density at radius 2 is 2.12 bits per heavy atom. The molecule has 2 nitrogen and oxygen atoms in total. The highest BCUT2D eigenvalue weighted by Crippen LogP contribution is 2.28. The topological polar surface area (TPSA) is 37.3 Å². The van der Waals surface area contributed by atoms with E-state index in [4.69, 9.17) is 11.6 Å². The molecule has 0 amide bonds. The number of rotatable bonds is 5. The Labute approximate surface area is 112 Å². The lowest BCUT2D eigenvalue weighted by molar-refractivity contribution is 0.0823. The van der Waals surface area contributed by atoms with Crippen LogP contribution < -0.4 is 0 Å². The Hall–Kier alpha value is 0.1000. The van der Waals surface area contributed by atoms with E-state index in [1.165, 1.54) is 0 Å².